The van der Waals surface area contributed by atoms with E-state index in [-0.39, 0.29) is 41.3 Å². The molecule has 2 aliphatic carbocycles. The van der Waals surface area contributed by atoms with Crippen molar-refractivity contribution in [2.75, 3.05) is 6.54 Å². The maximum Gasteiger partial charge on any atom is 0.264 e. The van der Waals surface area contributed by atoms with Gasteiger partial charge < -0.3 is 20.6 Å². The molecule has 2 aromatic carbocycles. The van der Waals surface area contributed by atoms with Crippen molar-refractivity contribution in [2.24, 2.45) is 11.8 Å². The zero-order valence-corrected chi connectivity index (χ0v) is 22.8. The van der Waals surface area contributed by atoms with Crippen LogP contribution in [-0.2, 0) is 20.0 Å². The van der Waals surface area contributed by atoms with Crippen LogP contribution in [0.4, 0.5) is 8.78 Å². The van der Waals surface area contributed by atoms with Gasteiger partial charge in [0.15, 0.2) is 5.60 Å². The quantitative estimate of drug-likeness (QED) is 0.498. The molecule has 2 bridgehead atoms. The Morgan fingerprint density at radius 2 is 1.93 bits per heavy atom. The van der Waals surface area contributed by atoms with Gasteiger partial charge in [-0.05, 0) is 55.4 Å². The number of aliphatic hydroxyl groups is 1. The number of amides is 3. The molecule has 4 fully saturated rings. The number of carbonyl (C=O) groups is 3. The third-order valence-corrected chi connectivity index (χ3v) is 9.35. The summed E-state index contributed by atoms with van der Waals surface area (Å²) in [6.45, 7) is 0.538. The number of alkyl halides is 2. The highest BCUT2D eigenvalue weighted by Gasteiger charge is 2.63. The Kier molecular flexibility index (Phi) is 6.78. The molecule has 0 spiro atoms. The average molecular weight is 583 g/mol. The van der Waals surface area contributed by atoms with Gasteiger partial charge in [-0.1, -0.05) is 41.9 Å². The molecule has 6 atom stereocenters. The zero-order valence-electron chi connectivity index (χ0n) is 22.1. The molecule has 41 heavy (non-hydrogen) atoms. The number of benzene rings is 2. The number of hydrogen-bond acceptors (Lipinski definition) is 5. The van der Waals surface area contributed by atoms with E-state index >= 15 is 8.78 Å². The molecule has 2 aromatic rings. The summed E-state index contributed by atoms with van der Waals surface area (Å²) in [5.41, 5.74) is -0.546. The first-order chi connectivity index (χ1) is 19.6. The van der Waals surface area contributed by atoms with Gasteiger partial charge in [-0.15, -0.1) is 0 Å². The Bertz CT molecular complexity index is 1480. The zero-order chi connectivity index (χ0) is 29.1. The first-order valence-electron chi connectivity index (χ1n) is 13.9. The lowest BCUT2D eigenvalue weighted by Gasteiger charge is -2.54. The second-order valence-electron chi connectivity index (χ2n) is 11.5. The van der Waals surface area contributed by atoms with E-state index < -0.39 is 59.7 Å². The monoisotopic (exact) mass is 582 g/mol. The minimum absolute atomic E-state index is 0.0131. The average Bonchev–Trinajstić information content (AvgIpc) is 3.21. The number of carbonyl (C=O) groups excluding carboxylic acids is 3. The Balaban J connectivity index is 1.36. The molecule has 3 aliphatic heterocycles. The van der Waals surface area contributed by atoms with Crippen molar-refractivity contribution in [2.45, 2.75) is 68.2 Å². The van der Waals surface area contributed by atoms with Gasteiger partial charge in [0.25, 0.3) is 11.8 Å². The Morgan fingerprint density at radius 3 is 2.66 bits per heavy atom. The number of nitriles is 1. The number of hydrogen-bond donors (Lipinski definition) is 3. The summed E-state index contributed by atoms with van der Waals surface area (Å²) in [5.74, 6) is -7.19. The van der Waals surface area contributed by atoms with Crippen molar-refractivity contribution in [3.63, 3.8) is 0 Å². The van der Waals surface area contributed by atoms with Crippen LogP contribution in [0.15, 0.2) is 42.5 Å². The van der Waals surface area contributed by atoms with Gasteiger partial charge >= 0.3 is 0 Å². The minimum atomic E-state index is -3.22. The maximum atomic E-state index is 15.3. The fourth-order valence-electron chi connectivity index (χ4n) is 7.19. The molecule has 1 saturated carbocycles. The van der Waals surface area contributed by atoms with Crippen LogP contribution in [0.25, 0.3) is 11.1 Å². The maximum absolute atomic E-state index is 15.3. The summed E-state index contributed by atoms with van der Waals surface area (Å²) in [6.07, 6.45) is 0.943. The van der Waals surface area contributed by atoms with Crippen molar-refractivity contribution in [1.29, 1.82) is 5.26 Å². The van der Waals surface area contributed by atoms with Crippen LogP contribution in [-0.4, -0.2) is 58.3 Å². The highest BCUT2D eigenvalue weighted by atomic mass is 35.5. The molecule has 214 valence electrons. The first-order valence-corrected chi connectivity index (χ1v) is 14.2. The van der Waals surface area contributed by atoms with E-state index in [2.05, 4.69) is 10.6 Å². The summed E-state index contributed by atoms with van der Waals surface area (Å²) in [6, 6.07) is 9.88. The third kappa shape index (κ3) is 4.37. The normalized spacial score (nSPS) is 30.0. The van der Waals surface area contributed by atoms with Crippen LogP contribution in [0.2, 0.25) is 5.02 Å². The second kappa shape index (κ2) is 10.1. The summed E-state index contributed by atoms with van der Waals surface area (Å²) in [7, 11) is 0. The number of nitrogens with one attached hydrogen (secondary N) is 2. The summed E-state index contributed by atoms with van der Waals surface area (Å²) >= 11 is 6.27. The molecule has 8 nitrogen and oxygen atoms in total. The highest BCUT2D eigenvalue weighted by molar-refractivity contribution is 6.31. The predicted molar refractivity (Wildman–Crippen MR) is 144 cm³/mol. The van der Waals surface area contributed by atoms with Gasteiger partial charge in [-0.25, -0.2) is 8.78 Å². The van der Waals surface area contributed by atoms with Crippen LogP contribution >= 0.6 is 11.6 Å². The largest absolute Gasteiger partial charge is 0.372 e. The van der Waals surface area contributed by atoms with E-state index in [1.165, 1.54) is 6.07 Å². The lowest BCUT2D eigenvalue weighted by atomic mass is 9.70. The molecule has 7 rings (SSSR count). The molecule has 3 N–H and O–H groups in total. The first kappa shape index (κ1) is 27.6. The summed E-state index contributed by atoms with van der Waals surface area (Å²) in [4.78, 5) is 41.6. The number of halogens is 3. The molecule has 0 aromatic heterocycles. The van der Waals surface area contributed by atoms with Crippen LogP contribution in [0.5, 0.6) is 0 Å². The van der Waals surface area contributed by atoms with Crippen molar-refractivity contribution < 1.29 is 28.3 Å². The fraction of sp³-hybridized carbons (Fsp3) is 0.467. The molecule has 3 saturated heterocycles. The molecular formula is C30H29ClF2N4O4. The van der Waals surface area contributed by atoms with Gasteiger partial charge in [0.2, 0.25) is 11.8 Å². The van der Waals surface area contributed by atoms with E-state index in [9.17, 15) is 24.8 Å². The van der Waals surface area contributed by atoms with E-state index in [0.717, 1.165) is 11.3 Å². The molecule has 0 unspecified atom stereocenters. The lowest BCUT2D eigenvalue weighted by molar-refractivity contribution is -0.201. The Hall–Kier alpha value is -3.55. The minimum Gasteiger partial charge on any atom is -0.372 e. The van der Waals surface area contributed by atoms with Crippen LogP contribution in [0, 0.1) is 23.2 Å². The van der Waals surface area contributed by atoms with Crippen LogP contribution < -0.4 is 10.6 Å². The Labute approximate surface area is 240 Å². The van der Waals surface area contributed by atoms with Crippen molar-refractivity contribution in [1.82, 2.24) is 15.5 Å². The summed E-state index contributed by atoms with van der Waals surface area (Å²) < 4.78 is 30.6. The van der Waals surface area contributed by atoms with Crippen LogP contribution in [0.3, 0.4) is 0 Å². The van der Waals surface area contributed by atoms with E-state index in [1.54, 1.807) is 36.4 Å². The number of nitrogens with zero attached hydrogens (tertiary/aromatic N) is 2. The molecule has 3 heterocycles. The second-order valence-corrected chi connectivity index (χ2v) is 11.9. The molecule has 11 heteroatoms. The van der Waals surface area contributed by atoms with Crippen LogP contribution in [0.1, 0.15) is 49.7 Å². The number of piperidine rings is 3. The van der Waals surface area contributed by atoms with E-state index in [4.69, 9.17) is 11.6 Å². The highest BCUT2D eigenvalue weighted by Crippen LogP contribution is 2.54. The van der Waals surface area contributed by atoms with Crippen molar-refractivity contribution in [3.8, 4) is 17.2 Å². The van der Waals surface area contributed by atoms with Gasteiger partial charge in [-0.2, -0.15) is 5.26 Å². The van der Waals surface area contributed by atoms with Crippen molar-refractivity contribution >= 4 is 29.3 Å². The molecule has 5 aliphatic rings. The van der Waals surface area contributed by atoms with Crippen molar-refractivity contribution in [3.05, 3.63) is 58.6 Å². The fourth-order valence-corrected chi connectivity index (χ4v) is 7.36. The van der Waals surface area contributed by atoms with Gasteiger partial charge in [0.05, 0.1) is 12.0 Å². The molecule has 0 radical (unpaired) electrons. The van der Waals surface area contributed by atoms with Gasteiger partial charge in [-0.3, -0.25) is 14.4 Å². The lowest BCUT2D eigenvalue weighted by Crippen LogP contribution is -2.70. The molecular weight excluding hydrogens is 554 g/mol. The number of rotatable bonds is 5. The standard InChI is InChI=1S/C30H29ClF2N4O4/c31-17-7-9-21-20-5-1-2-6-22(20)30(41,24(21)13-17)28(40)37-19-8-10-23(29(32,33)14-19)25(37)27(39)36-18(15-34)12-16-4-3-11-35-26(16)38/h1-2,5-7,9,13,16,18-19,23,25,41H,3-4,8,10-12,14H2,(H,35,38)(H,36,39)/t16-,18-,19-,23-,25-,30+/m0/s1. The van der Waals surface area contributed by atoms with Gasteiger partial charge in [0, 0.05) is 41.1 Å². The number of fused-ring (bicyclic) bond motifs is 6. The molecule has 3 amide bonds. The topological polar surface area (TPSA) is 123 Å². The Morgan fingerprint density at radius 1 is 1.17 bits per heavy atom. The third-order valence-electron chi connectivity index (χ3n) is 9.12. The van der Waals surface area contributed by atoms with E-state index in [1.807, 2.05) is 6.07 Å². The van der Waals surface area contributed by atoms with E-state index in [0.29, 0.717) is 24.1 Å². The summed E-state index contributed by atoms with van der Waals surface area (Å²) in [5, 5.41) is 27.6. The predicted octanol–water partition coefficient (Wildman–Crippen LogP) is 3.50. The SMILES string of the molecule is N#C[C@H](C[C@@H]1CCCNC1=O)NC(=O)[C@@H]1[C@@H]2CC[C@@H](CC2(F)F)N1C(=O)[C@@]1(O)c2ccccc2-c2ccc(Cl)cc21. The smallest absolute Gasteiger partial charge is 0.264 e. The van der Waals surface area contributed by atoms with Gasteiger partial charge in [0.1, 0.15) is 12.1 Å².